The van der Waals surface area contributed by atoms with Crippen molar-refractivity contribution in [1.29, 1.82) is 0 Å². The molecular weight excluding hydrogens is 306 g/mol. The van der Waals surface area contributed by atoms with Gasteiger partial charge in [-0.1, -0.05) is 12.1 Å². The van der Waals surface area contributed by atoms with Crippen LogP contribution in [0.1, 0.15) is 36.9 Å². The van der Waals surface area contributed by atoms with Crippen LogP contribution in [0.4, 0.5) is 0 Å². The molecule has 1 aliphatic rings. The predicted octanol–water partition coefficient (Wildman–Crippen LogP) is 1.84. The minimum atomic E-state index is -0.257. The summed E-state index contributed by atoms with van der Waals surface area (Å²) in [6, 6.07) is 10.8. The zero-order chi connectivity index (χ0) is 16.9. The van der Waals surface area contributed by atoms with Crippen molar-refractivity contribution in [3.8, 4) is 5.75 Å². The van der Waals surface area contributed by atoms with Gasteiger partial charge in [-0.25, -0.2) is 4.68 Å². The number of carbonyl (C=O) groups is 1. The summed E-state index contributed by atoms with van der Waals surface area (Å²) in [5, 5.41) is 7.11. The van der Waals surface area contributed by atoms with E-state index in [1.807, 2.05) is 31.2 Å². The number of ether oxygens (including phenoxy) is 1. The van der Waals surface area contributed by atoms with Gasteiger partial charge in [0.05, 0.1) is 12.3 Å². The Hall–Kier alpha value is -2.63. The van der Waals surface area contributed by atoms with Gasteiger partial charge in [0.25, 0.3) is 5.56 Å². The highest BCUT2D eigenvalue weighted by atomic mass is 16.5. The van der Waals surface area contributed by atoms with Crippen molar-refractivity contribution in [2.24, 2.45) is 0 Å². The number of nitrogens with zero attached hydrogens (tertiary/aromatic N) is 2. The van der Waals surface area contributed by atoms with Crippen molar-refractivity contribution in [1.82, 2.24) is 15.1 Å². The average Bonchev–Trinajstić information content (AvgIpc) is 3.41. The molecule has 6 nitrogen and oxygen atoms in total. The van der Waals surface area contributed by atoms with Gasteiger partial charge in [0.1, 0.15) is 12.3 Å². The van der Waals surface area contributed by atoms with Crippen LogP contribution < -0.4 is 15.6 Å². The topological polar surface area (TPSA) is 73.2 Å². The van der Waals surface area contributed by atoms with E-state index in [2.05, 4.69) is 10.4 Å². The van der Waals surface area contributed by atoms with Gasteiger partial charge in [-0.3, -0.25) is 9.59 Å². The average molecular weight is 327 g/mol. The molecule has 1 aliphatic carbocycles. The van der Waals surface area contributed by atoms with E-state index in [1.165, 1.54) is 10.7 Å². The number of benzene rings is 1. The molecule has 0 unspecified atom stereocenters. The van der Waals surface area contributed by atoms with E-state index >= 15 is 0 Å². The number of hydrogen-bond donors (Lipinski definition) is 1. The predicted molar refractivity (Wildman–Crippen MR) is 89.9 cm³/mol. The van der Waals surface area contributed by atoms with E-state index in [1.54, 1.807) is 6.07 Å². The van der Waals surface area contributed by atoms with Crippen LogP contribution in [0.25, 0.3) is 0 Å². The molecule has 6 heteroatoms. The molecule has 2 aromatic rings. The summed E-state index contributed by atoms with van der Waals surface area (Å²) in [5.41, 5.74) is 1.58. The third kappa shape index (κ3) is 4.22. The van der Waals surface area contributed by atoms with Crippen LogP contribution in [-0.2, 0) is 17.9 Å². The van der Waals surface area contributed by atoms with E-state index in [0.29, 0.717) is 19.1 Å². The fourth-order valence-electron chi connectivity index (χ4n) is 2.48. The van der Waals surface area contributed by atoms with Crippen LogP contribution in [0.2, 0.25) is 0 Å². The second-order valence-corrected chi connectivity index (χ2v) is 5.89. The lowest BCUT2D eigenvalue weighted by Gasteiger charge is -2.09. The van der Waals surface area contributed by atoms with Crippen LogP contribution in [0.15, 0.2) is 41.2 Å². The van der Waals surface area contributed by atoms with Crippen molar-refractivity contribution in [3.63, 3.8) is 0 Å². The Morgan fingerprint density at radius 1 is 1.33 bits per heavy atom. The quantitative estimate of drug-likeness (QED) is 0.842. The highest BCUT2D eigenvalue weighted by Crippen LogP contribution is 2.38. The van der Waals surface area contributed by atoms with E-state index in [0.717, 1.165) is 29.8 Å². The van der Waals surface area contributed by atoms with Crippen molar-refractivity contribution < 1.29 is 9.53 Å². The number of amides is 1. The second kappa shape index (κ2) is 7.29. The van der Waals surface area contributed by atoms with Gasteiger partial charge in [0.15, 0.2) is 0 Å². The minimum Gasteiger partial charge on any atom is -0.494 e. The highest BCUT2D eigenvalue weighted by Gasteiger charge is 2.25. The van der Waals surface area contributed by atoms with Gasteiger partial charge in [0.2, 0.25) is 5.91 Å². The Morgan fingerprint density at radius 3 is 2.92 bits per heavy atom. The lowest BCUT2D eigenvalue weighted by molar-refractivity contribution is -0.122. The summed E-state index contributed by atoms with van der Waals surface area (Å²) in [5.74, 6) is 0.986. The van der Waals surface area contributed by atoms with Gasteiger partial charge in [0, 0.05) is 18.5 Å². The van der Waals surface area contributed by atoms with Crippen molar-refractivity contribution in [2.75, 3.05) is 6.61 Å². The fourth-order valence-corrected chi connectivity index (χ4v) is 2.48. The maximum atomic E-state index is 12.1. The van der Waals surface area contributed by atoms with Crippen LogP contribution >= 0.6 is 0 Å². The lowest BCUT2D eigenvalue weighted by Crippen LogP contribution is -2.33. The molecular formula is C18H21N3O3. The van der Waals surface area contributed by atoms with Gasteiger partial charge in [-0.2, -0.15) is 5.10 Å². The molecule has 1 amide bonds. The minimum absolute atomic E-state index is 0.0649. The summed E-state index contributed by atoms with van der Waals surface area (Å²) in [4.78, 5) is 23.9. The molecule has 1 aromatic heterocycles. The van der Waals surface area contributed by atoms with E-state index in [-0.39, 0.29) is 18.0 Å². The monoisotopic (exact) mass is 327 g/mol. The summed E-state index contributed by atoms with van der Waals surface area (Å²) in [6.07, 6.45) is 2.21. The number of aromatic nitrogens is 2. The standard InChI is InChI=1S/C18H21N3O3/c1-2-24-15-5-3-4-13(10-15)11-19-17(22)12-21-18(23)9-8-16(20-21)14-6-7-14/h3-5,8-10,14H,2,6-7,11-12H2,1H3,(H,19,22). The summed E-state index contributed by atoms with van der Waals surface area (Å²) in [7, 11) is 0. The SMILES string of the molecule is CCOc1cccc(CNC(=O)Cn2nc(C3CC3)ccc2=O)c1. The smallest absolute Gasteiger partial charge is 0.267 e. The first kappa shape index (κ1) is 16.2. The van der Waals surface area contributed by atoms with Crippen molar-refractivity contribution in [3.05, 3.63) is 58.0 Å². The van der Waals surface area contributed by atoms with Crippen LogP contribution in [-0.4, -0.2) is 22.3 Å². The Labute approximate surface area is 140 Å². The highest BCUT2D eigenvalue weighted by molar-refractivity contribution is 5.75. The molecule has 0 aliphatic heterocycles. The van der Waals surface area contributed by atoms with Crippen LogP contribution in [0.5, 0.6) is 5.75 Å². The first-order valence-corrected chi connectivity index (χ1v) is 8.22. The molecule has 24 heavy (non-hydrogen) atoms. The number of rotatable bonds is 7. The molecule has 0 atom stereocenters. The molecule has 126 valence electrons. The zero-order valence-corrected chi connectivity index (χ0v) is 13.7. The van der Waals surface area contributed by atoms with Crippen molar-refractivity contribution >= 4 is 5.91 Å². The zero-order valence-electron chi connectivity index (χ0n) is 13.7. The van der Waals surface area contributed by atoms with Gasteiger partial charge in [-0.05, 0) is 43.5 Å². The second-order valence-electron chi connectivity index (χ2n) is 5.89. The molecule has 1 heterocycles. The van der Waals surface area contributed by atoms with Gasteiger partial charge in [-0.15, -0.1) is 0 Å². The Morgan fingerprint density at radius 2 is 2.17 bits per heavy atom. The summed E-state index contributed by atoms with van der Waals surface area (Å²) in [6.45, 7) is 2.85. The first-order chi connectivity index (χ1) is 11.7. The summed E-state index contributed by atoms with van der Waals surface area (Å²) < 4.78 is 6.67. The van der Waals surface area contributed by atoms with Crippen molar-refractivity contribution in [2.45, 2.75) is 38.8 Å². The molecule has 1 N–H and O–H groups in total. The fraction of sp³-hybridized carbons (Fsp3) is 0.389. The van der Waals surface area contributed by atoms with E-state index in [4.69, 9.17) is 4.74 Å². The molecule has 0 spiro atoms. The lowest BCUT2D eigenvalue weighted by atomic mass is 10.2. The Kier molecular flexibility index (Phi) is 4.93. The molecule has 0 radical (unpaired) electrons. The van der Waals surface area contributed by atoms with Gasteiger partial charge >= 0.3 is 0 Å². The molecule has 1 saturated carbocycles. The molecule has 0 saturated heterocycles. The van der Waals surface area contributed by atoms with Crippen LogP contribution in [0, 0.1) is 0 Å². The number of carbonyl (C=O) groups excluding carboxylic acids is 1. The maximum Gasteiger partial charge on any atom is 0.267 e. The third-order valence-electron chi connectivity index (χ3n) is 3.88. The molecule has 1 fully saturated rings. The summed E-state index contributed by atoms with van der Waals surface area (Å²) >= 11 is 0. The molecule has 3 rings (SSSR count). The third-order valence-corrected chi connectivity index (χ3v) is 3.88. The normalized spacial score (nSPS) is 13.5. The Balaban J connectivity index is 1.59. The molecule has 1 aromatic carbocycles. The number of nitrogens with one attached hydrogen (secondary N) is 1. The van der Waals surface area contributed by atoms with E-state index in [9.17, 15) is 9.59 Å². The Bertz CT molecular complexity index is 781. The number of hydrogen-bond acceptors (Lipinski definition) is 4. The maximum absolute atomic E-state index is 12.1. The largest absolute Gasteiger partial charge is 0.494 e. The first-order valence-electron chi connectivity index (χ1n) is 8.22. The van der Waals surface area contributed by atoms with Crippen LogP contribution in [0.3, 0.4) is 0 Å². The van der Waals surface area contributed by atoms with Gasteiger partial charge < -0.3 is 10.1 Å². The molecule has 0 bridgehead atoms. The van der Waals surface area contributed by atoms with E-state index < -0.39 is 0 Å².